The van der Waals surface area contributed by atoms with E-state index in [-0.39, 0.29) is 5.56 Å². The van der Waals surface area contributed by atoms with Crippen molar-refractivity contribution in [3.8, 4) is 11.4 Å². The van der Waals surface area contributed by atoms with Gasteiger partial charge in [-0.05, 0) is 48.5 Å². The number of para-hydroxylation sites is 5. The van der Waals surface area contributed by atoms with Crippen molar-refractivity contribution in [2.75, 3.05) is 0 Å². The average molecular weight is 583 g/mol. The van der Waals surface area contributed by atoms with E-state index in [9.17, 15) is 4.79 Å². The van der Waals surface area contributed by atoms with E-state index in [2.05, 4.69) is 118 Å². The summed E-state index contributed by atoms with van der Waals surface area (Å²) >= 11 is 1.55. The fourth-order valence-corrected chi connectivity index (χ4v) is 8.04. The maximum absolute atomic E-state index is 14.6. The molecule has 0 aliphatic carbocycles. The summed E-state index contributed by atoms with van der Waals surface area (Å²) in [6.07, 6.45) is 0. The molecule has 4 heterocycles. The molecule has 206 valence electrons. The predicted molar refractivity (Wildman–Crippen MR) is 183 cm³/mol. The lowest BCUT2D eigenvalue weighted by Crippen LogP contribution is -2.15. The van der Waals surface area contributed by atoms with Gasteiger partial charge in [0.15, 0.2) is 4.96 Å². The Labute approximate surface area is 254 Å². The van der Waals surface area contributed by atoms with Crippen LogP contribution in [0.1, 0.15) is 0 Å². The molecule has 0 aliphatic rings. The van der Waals surface area contributed by atoms with Gasteiger partial charge in [-0.15, -0.1) is 0 Å². The molecule has 6 heteroatoms. The Morgan fingerprint density at radius 3 is 1.55 bits per heavy atom. The topological polar surface area (TPSA) is 44.2 Å². The molecule has 0 radical (unpaired) electrons. The largest absolute Gasteiger partial charge is 0.309 e. The maximum Gasteiger partial charge on any atom is 0.267 e. The molecule has 44 heavy (non-hydrogen) atoms. The number of fused-ring (bicyclic) bond motifs is 10. The van der Waals surface area contributed by atoms with E-state index < -0.39 is 0 Å². The summed E-state index contributed by atoms with van der Waals surface area (Å²) in [4.78, 5) is 20.5. The van der Waals surface area contributed by atoms with E-state index in [0.717, 1.165) is 54.4 Å². The van der Waals surface area contributed by atoms with Gasteiger partial charge in [-0.25, -0.2) is 4.98 Å². The Bertz CT molecular complexity index is 2760. The summed E-state index contributed by atoms with van der Waals surface area (Å²) in [6, 6.07) is 46.2. The molecule has 0 N–H and O–H groups in total. The number of thiazole rings is 1. The first-order chi connectivity index (χ1) is 21.8. The lowest BCUT2D eigenvalue weighted by atomic mass is 10.1. The Morgan fingerprint density at radius 1 is 0.500 bits per heavy atom. The van der Waals surface area contributed by atoms with E-state index >= 15 is 0 Å². The van der Waals surface area contributed by atoms with E-state index in [1.54, 1.807) is 15.7 Å². The Morgan fingerprint density at radius 2 is 0.977 bits per heavy atom. The van der Waals surface area contributed by atoms with Crippen LogP contribution in [0, 0.1) is 0 Å². The van der Waals surface area contributed by atoms with Crippen molar-refractivity contribution in [3.05, 3.63) is 144 Å². The normalized spacial score (nSPS) is 12.2. The minimum absolute atomic E-state index is 0.0629. The highest BCUT2D eigenvalue weighted by Crippen LogP contribution is 2.38. The van der Waals surface area contributed by atoms with Crippen LogP contribution in [0.4, 0.5) is 0 Å². The Balaban J connectivity index is 1.44. The zero-order valence-electron chi connectivity index (χ0n) is 23.3. The highest BCUT2D eigenvalue weighted by Gasteiger charge is 2.21. The second-order valence-corrected chi connectivity index (χ2v) is 12.2. The van der Waals surface area contributed by atoms with Crippen LogP contribution in [-0.2, 0) is 0 Å². The van der Waals surface area contributed by atoms with Crippen molar-refractivity contribution < 1.29 is 0 Å². The first kappa shape index (κ1) is 23.8. The third kappa shape index (κ3) is 3.07. The smallest absolute Gasteiger partial charge is 0.267 e. The molecule has 10 aromatic rings. The standard InChI is InChI=1S/C38H22N4OS/c43-37-28-21-23(40-29-15-5-1-11-24(29)25-12-2-6-16-30(25)40)22-34(36(28)39-38-42(37)33-19-9-10-20-35(33)44-38)41-31-17-7-3-13-26(31)27-14-4-8-18-32(27)41/h1-22H. The Hall–Kier alpha value is -5.72. The molecule has 4 aromatic heterocycles. The molecule has 0 unspecified atom stereocenters. The molecule has 10 rings (SSSR count). The second-order valence-electron chi connectivity index (χ2n) is 11.2. The molecule has 0 atom stereocenters. The van der Waals surface area contributed by atoms with Crippen molar-refractivity contribution in [2.24, 2.45) is 0 Å². The van der Waals surface area contributed by atoms with E-state index in [0.29, 0.717) is 15.9 Å². The molecule has 0 spiro atoms. The summed E-state index contributed by atoms with van der Waals surface area (Å²) in [6.45, 7) is 0. The molecule has 5 nitrogen and oxygen atoms in total. The van der Waals surface area contributed by atoms with Crippen molar-refractivity contribution in [3.63, 3.8) is 0 Å². The monoisotopic (exact) mass is 582 g/mol. The average Bonchev–Trinajstić information content (AvgIpc) is 3.72. The van der Waals surface area contributed by atoms with Gasteiger partial charge in [0.25, 0.3) is 5.56 Å². The second kappa shape index (κ2) is 8.66. The van der Waals surface area contributed by atoms with Gasteiger partial charge in [-0.2, -0.15) is 0 Å². The summed E-state index contributed by atoms with van der Waals surface area (Å²) in [5.41, 5.74) is 7.66. The molecule has 0 saturated heterocycles. The SMILES string of the molecule is O=c1c2cc(-n3c4ccccc4c4ccccc43)cc(-n3c4ccccc4c4ccccc43)c2nc2sc3ccccc3n12. The molecule has 0 amide bonds. The maximum atomic E-state index is 14.6. The van der Waals surface area contributed by atoms with Crippen LogP contribution < -0.4 is 5.56 Å². The van der Waals surface area contributed by atoms with E-state index in [1.807, 2.05) is 24.3 Å². The lowest BCUT2D eigenvalue weighted by molar-refractivity contribution is 1.11. The number of aromatic nitrogens is 4. The van der Waals surface area contributed by atoms with Crippen molar-refractivity contribution >= 4 is 81.0 Å². The molecule has 0 bridgehead atoms. The zero-order valence-corrected chi connectivity index (χ0v) is 24.1. The minimum Gasteiger partial charge on any atom is -0.309 e. The van der Waals surface area contributed by atoms with Gasteiger partial charge in [0, 0.05) is 27.2 Å². The fraction of sp³-hybridized carbons (Fsp3) is 0. The minimum atomic E-state index is -0.0629. The predicted octanol–water partition coefficient (Wildman–Crippen LogP) is 9.26. The lowest BCUT2D eigenvalue weighted by Gasteiger charge is -2.15. The molecule has 0 aliphatic heterocycles. The van der Waals surface area contributed by atoms with Crippen LogP contribution in [0.25, 0.3) is 81.1 Å². The summed E-state index contributed by atoms with van der Waals surface area (Å²) in [7, 11) is 0. The molecule has 6 aromatic carbocycles. The number of nitrogens with zero attached hydrogens (tertiary/aromatic N) is 4. The van der Waals surface area contributed by atoms with E-state index in [1.165, 1.54) is 10.8 Å². The molecular formula is C38H22N4OS. The van der Waals surface area contributed by atoms with Gasteiger partial charge < -0.3 is 9.13 Å². The zero-order chi connectivity index (χ0) is 28.9. The molecule has 0 saturated carbocycles. The van der Waals surface area contributed by atoms with Gasteiger partial charge in [-0.1, -0.05) is 96.3 Å². The molecular weight excluding hydrogens is 561 g/mol. The number of rotatable bonds is 2. The van der Waals surface area contributed by atoms with Crippen LogP contribution >= 0.6 is 11.3 Å². The highest BCUT2D eigenvalue weighted by molar-refractivity contribution is 7.23. The first-order valence-electron chi connectivity index (χ1n) is 14.6. The van der Waals surface area contributed by atoms with Gasteiger partial charge in [0.2, 0.25) is 0 Å². The van der Waals surface area contributed by atoms with Crippen LogP contribution in [0.2, 0.25) is 0 Å². The van der Waals surface area contributed by atoms with Crippen LogP contribution in [0.5, 0.6) is 0 Å². The van der Waals surface area contributed by atoms with Gasteiger partial charge in [0.05, 0.1) is 43.4 Å². The fourth-order valence-electron chi connectivity index (χ4n) is 7.03. The third-order valence-electron chi connectivity index (χ3n) is 8.87. The summed E-state index contributed by atoms with van der Waals surface area (Å²) in [5.74, 6) is 0. The van der Waals surface area contributed by atoms with Crippen molar-refractivity contribution in [1.29, 1.82) is 0 Å². The number of hydrogen-bond acceptors (Lipinski definition) is 3. The van der Waals surface area contributed by atoms with Gasteiger partial charge in [0.1, 0.15) is 5.52 Å². The Kier molecular flexibility index (Phi) is 4.68. The summed E-state index contributed by atoms with van der Waals surface area (Å²) < 4.78 is 7.36. The van der Waals surface area contributed by atoms with Crippen LogP contribution in [0.15, 0.2) is 138 Å². The quantitative estimate of drug-likeness (QED) is 0.204. The third-order valence-corrected chi connectivity index (χ3v) is 9.90. The van der Waals surface area contributed by atoms with Gasteiger partial charge >= 0.3 is 0 Å². The molecule has 0 fully saturated rings. The van der Waals surface area contributed by atoms with E-state index in [4.69, 9.17) is 4.98 Å². The number of benzene rings is 6. The van der Waals surface area contributed by atoms with Gasteiger partial charge in [-0.3, -0.25) is 9.20 Å². The van der Waals surface area contributed by atoms with Crippen molar-refractivity contribution in [1.82, 2.24) is 18.5 Å². The van der Waals surface area contributed by atoms with Crippen LogP contribution in [-0.4, -0.2) is 18.5 Å². The number of hydrogen-bond donors (Lipinski definition) is 0. The van der Waals surface area contributed by atoms with Crippen LogP contribution in [0.3, 0.4) is 0 Å². The summed E-state index contributed by atoms with van der Waals surface area (Å²) in [5, 5.41) is 5.27. The first-order valence-corrected chi connectivity index (χ1v) is 15.4. The van der Waals surface area contributed by atoms with Crippen molar-refractivity contribution in [2.45, 2.75) is 0 Å². The highest BCUT2D eigenvalue weighted by atomic mass is 32.1.